The number of nitrogen functional groups attached to an aromatic ring is 1. The van der Waals surface area contributed by atoms with E-state index in [0.29, 0.717) is 28.1 Å². The highest BCUT2D eigenvalue weighted by Crippen LogP contribution is 2.43. The number of benzene rings is 1. The molecule has 0 spiro atoms. The van der Waals surface area contributed by atoms with Crippen LogP contribution in [0.3, 0.4) is 0 Å². The Kier molecular flexibility index (Phi) is 3.83. The zero-order chi connectivity index (χ0) is 19.5. The van der Waals surface area contributed by atoms with Gasteiger partial charge in [0.15, 0.2) is 5.65 Å². The Balaban J connectivity index is 2.18. The van der Waals surface area contributed by atoms with Crippen LogP contribution in [0.5, 0.6) is 5.75 Å². The van der Waals surface area contributed by atoms with Crippen LogP contribution in [0.15, 0.2) is 12.1 Å². The van der Waals surface area contributed by atoms with Gasteiger partial charge >= 0.3 is 0 Å². The first-order valence-electron chi connectivity index (χ1n) is 9.09. The third kappa shape index (κ3) is 2.45. The number of rotatable bonds is 3. The molecule has 0 saturated heterocycles. The van der Waals surface area contributed by atoms with Gasteiger partial charge in [0.25, 0.3) is 5.91 Å². The van der Waals surface area contributed by atoms with Crippen LogP contribution in [0, 0.1) is 20.8 Å². The van der Waals surface area contributed by atoms with E-state index in [4.69, 9.17) is 11.5 Å². The Bertz CT molecular complexity index is 1100. The first-order chi connectivity index (χ1) is 12.8. The van der Waals surface area contributed by atoms with E-state index in [2.05, 4.69) is 9.97 Å². The maximum atomic E-state index is 12.3. The molecule has 5 N–H and O–H groups in total. The Morgan fingerprint density at radius 1 is 1.22 bits per heavy atom. The summed E-state index contributed by atoms with van der Waals surface area (Å²) >= 11 is 0. The van der Waals surface area contributed by atoms with E-state index in [0.717, 1.165) is 30.5 Å². The average Bonchev–Trinajstić information content (AvgIpc) is 2.83. The third-order valence-electron chi connectivity index (χ3n) is 5.55. The molecule has 0 aliphatic heterocycles. The molecule has 0 bridgehead atoms. The summed E-state index contributed by atoms with van der Waals surface area (Å²) in [6, 6.07) is 3.46. The molecule has 1 saturated carbocycles. The van der Waals surface area contributed by atoms with Crippen molar-refractivity contribution in [3.8, 4) is 11.4 Å². The van der Waals surface area contributed by atoms with Crippen LogP contribution in [0.2, 0.25) is 0 Å². The summed E-state index contributed by atoms with van der Waals surface area (Å²) in [7, 11) is 0. The Hall–Kier alpha value is -3.09. The van der Waals surface area contributed by atoms with Crippen molar-refractivity contribution in [1.29, 1.82) is 0 Å². The summed E-state index contributed by atoms with van der Waals surface area (Å²) in [5.74, 6) is 0.695. The van der Waals surface area contributed by atoms with Crippen LogP contribution in [-0.2, 0) is 0 Å². The van der Waals surface area contributed by atoms with Crippen LogP contribution in [0.25, 0.3) is 16.7 Å². The number of nitrogens with two attached hydrogens (primary N) is 2. The van der Waals surface area contributed by atoms with Crippen molar-refractivity contribution >= 4 is 22.8 Å². The zero-order valence-electron chi connectivity index (χ0n) is 15.7. The molecule has 7 heteroatoms. The molecular formula is C20H23N5O2. The molecule has 0 atom stereocenters. The van der Waals surface area contributed by atoms with Gasteiger partial charge in [-0.25, -0.2) is 9.97 Å². The van der Waals surface area contributed by atoms with Crippen LogP contribution in [-0.4, -0.2) is 25.5 Å². The second-order valence-corrected chi connectivity index (χ2v) is 7.32. The van der Waals surface area contributed by atoms with Gasteiger partial charge in [-0.2, -0.15) is 0 Å². The first kappa shape index (κ1) is 17.3. The number of fused-ring (bicyclic) bond motifs is 1. The number of phenols is 1. The molecular weight excluding hydrogens is 342 g/mol. The van der Waals surface area contributed by atoms with E-state index < -0.39 is 5.91 Å². The molecule has 1 fully saturated rings. The van der Waals surface area contributed by atoms with Crippen molar-refractivity contribution < 1.29 is 9.90 Å². The molecule has 27 heavy (non-hydrogen) atoms. The standard InChI is InChI=1S/C20H23N5O2/c1-9-7-8-13(26)10(2)17(9)25-18(21)15(19(22)27)14-16(12-5-4-6-12)23-11(3)24-20(14)25/h7-8,12,26H,4-6,21H2,1-3H3,(H2,22,27). The molecule has 4 rings (SSSR count). The quantitative estimate of drug-likeness (QED) is 0.659. The summed E-state index contributed by atoms with van der Waals surface area (Å²) in [5.41, 5.74) is 16.1. The number of aromatic hydroxyl groups is 1. The average molecular weight is 365 g/mol. The topological polar surface area (TPSA) is 120 Å². The van der Waals surface area contributed by atoms with Gasteiger partial charge in [0, 0.05) is 11.5 Å². The van der Waals surface area contributed by atoms with Crippen molar-refractivity contribution in [2.24, 2.45) is 5.73 Å². The van der Waals surface area contributed by atoms with Gasteiger partial charge in [0.1, 0.15) is 17.4 Å². The third-order valence-corrected chi connectivity index (χ3v) is 5.55. The molecule has 1 aromatic carbocycles. The molecule has 1 amide bonds. The van der Waals surface area contributed by atoms with Crippen molar-refractivity contribution in [3.05, 3.63) is 40.3 Å². The number of carbonyl (C=O) groups excluding carboxylic acids is 1. The monoisotopic (exact) mass is 365 g/mol. The Morgan fingerprint density at radius 3 is 2.52 bits per heavy atom. The summed E-state index contributed by atoms with van der Waals surface area (Å²) in [6.45, 7) is 5.58. The number of carbonyl (C=O) groups is 1. The zero-order valence-corrected chi connectivity index (χ0v) is 15.7. The van der Waals surface area contributed by atoms with E-state index in [1.165, 1.54) is 0 Å². The lowest BCUT2D eigenvalue weighted by Crippen LogP contribution is -2.16. The van der Waals surface area contributed by atoms with Gasteiger partial charge < -0.3 is 16.6 Å². The number of nitrogens with zero attached hydrogens (tertiary/aromatic N) is 3. The molecule has 1 aliphatic rings. The van der Waals surface area contributed by atoms with Crippen LogP contribution < -0.4 is 11.5 Å². The summed E-state index contributed by atoms with van der Waals surface area (Å²) in [5, 5.41) is 10.9. The fraction of sp³-hybridized carbons (Fsp3) is 0.350. The van der Waals surface area contributed by atoms with Crippen LogP contribution in [0.4, 0.5) is 5.82 Å². The van der Waals surface area contributed by atoms with Crippen molar-refractivity contribution in [3.63, 3.8) is 0 Å². The fourth-order valence-corrected chi connectivity index (χ4v) is 3.96. The molecule has 2 heterocycles. The summed E-state index contributed by atoms with van der Waals surface area (Å²) in [6.07, 6.45) is 3.19. The number of hydrogen-bond donors (Lipinski definition) is 3. The van der Waals surface area contributed by atoms with Gasteiger partial charge in [-0.1, -0.05) is 12.5 Å². The minimum Gasteiger partial charge on any atom is -0.508 e. The number of aryl methyl sites for hydroxylation is 2. The van der Waals surface area contributed by atoms with Crippen LogP contribution in [0.1, 0.15) is 58.2 Å². The minimum absolute atomic E-state index is 0.155. The summed E-state index contributed by atoms with van der Waals surface area (Å²) in [4.78, 5) is 21.6. The predicted octanol–water partition coefficient (Wildman–Crippen LogP) is 3.00. The van der Waals surface area contributed by atoms with Gasteiger partial charge in [-0.05, 0) is 45.2 Å². The molecule has 1 aliphatic carbocycles. The highest BCUT2D eigenvalue weighted by molar-refractivity contribution is 6.12. The van der Waals surface area contributed by atoms with E-state index in [-0.39, 0.29) is 23.0 Å². The lowest BCUT2D eigenvalue weighted by atomic mass is 9.81. The molecule has 2 aromatic heterocycles. The predicted molar refractivity (Wildman–Crippen MR) is 104 cm³/mol. The normalized spacial score (nSPS) is 14.5. The minimum atomic E-state index is -0.597. The number of aromatic nitrogens is 3. The summed E-state index contributed by atoms with van der Waals surface area (Å²) < 4.78 is 1.73. The van der Waals surface area contributed by atoms with Gasteiger partial charge in [-0.3, -0.25) is 9.36 Å². The number of amides is 1. The molecule has 0 radical (unpaired) electrons. The van der Waals surface area contributed by atoms with E-state index in [9.17, 15) is 9.90 Å². The van der Waals surface area contributed by atoms with Crippen LogP contribution >= 0.6 is 0 Å². The SMILES string of the molecule is Cc1nc(C2CCC2)c2c(C(N)=O)c(N)n(-c3c(C)ccc(O)c3C)c2n1. The van der Waals surface area contributed by atoms with Crippen molar-refractivity contribution in [2.45, 2.75) is 46.0 Å². The Labute approximate surface area is 157 Å². The maximum absolute atomic E-state index is 12.3. The van der Waals surface area contributed by atoms with Crippen molar-refractivity contribution in [2.75, 3.05) is 5.73 Å². The van der Waals surface area contributed by atoms with Gasteiger partial charge in [0.05, 0.1) is 22.3 Å². The van der Waals surface area contributed by atoms with Crippen molar-refractivity contribution in [1.82, 2.24) is 14.5 Å². The smallest absolute Gasteiger partial charge is 0.253 e. The van der Waals surface area contributed by atoms with E-state index >= 15 is 0 Å². The highest BCUT2D eigenvalue weighted by Gasteiger charge is 2.31. The number of anilines is 1. The largest absolute Gasteiger partial charge is 0.508 e. The lowest BCUT2D eigenvalue weighted by molar-refractivity contribution is 0.100. The molecule has 0 unspecified atom stereocenters. The fourth-order valence-electron chi connectivity index (χ4n) is 3.96. The number of hydrogen-bond acceptors (Lipinski definition) is 5. The second kappa shape index (κ2) is 5.97. The van der Waals surface area contributed by atoms with E-state index in [1.54, 1.807) is 10.6 Å². The second-order valence-electron chi connectivity index (χ2n) is 7.32. The number of primary amides is 1. The number of phenolic OH excluding ortho intramolecular Hbond substituents is 1. The highest BCUT2D eigenvalue weighted by atomic mass is 16.3. The lowest BCUT2D eigenvalue weighted by Gasteiger charge is -2.25. The first-order valence-corrected chi connectivity index (χ1v) is 9.09. The van der Waals surface area contributed by atoms with E-state index in [1.807, 2.05) is 26.8 Å². The van der Waals surface area contributed by atoms with Gasteiger partial charge in [0.2, 0.25) is 0 Å². The Morgan fingerprint density at radius 2 is 1.93 bits per heavy atom. The molecule has 7 nitrogen and oxygen atoms in total. The maximum Gasteiger partial charge on any atom is 0.253 e. The molecule has 140 valence electrons. The molecule has 3 aromatic rings. The van der Waals surface area contributed by atoms with Gasteiger partial charge in [-0.15, -0.1) is 0 Å².